The van der Waals surface area contributed by atoms with Crippen molar-refractivity contribution in [1.82, 2.24) is 14.1 Å². The molecule has 1 atom stereocenters. The fourth-order valence-corrected chi connectivity index (χ4v) is 4.26. The van der Waals surface area contributed by atoms with Crippen LogP contribution in [-0.2, 0) is 21.4 Å². The molecule has 1 amide bonds. The van der Waals surface area contributed by atoms with Gasteiger partial charge in [-0.05, 0) is 37.6 Å². The van der Waals surface area contributed by atoms with Crippen molar-refractivity contribution in [3.05, 3.63) is 42.5 Å². The van der Waals surface area contributed by atoms with Crippen LogP contribution in [0.4, 0.5) is 10.1 Å². The summed E-state index contributed by atoms with van der Waals surface area (Å²) in [5.74, 6) is -1.15. The lowest BCUT2D eigenvalue weighted by atomic mass is 10.1. The first-order valence-corrected chi connectivity index (χ1v) is 9.43. The fourth-order valence-electron chi connectivity index (χ4n) is 2.76. The molecule has 7 nitrogen and oxygen atoms in total. The molecule has 25 heavy (non-hydrogen) atoms. The Hall–Kier alpha value is -2.26. The standard InChI is InChI=1S/C16H19FN4O3S/c1-2-20-11-14(9-18-20)19-16(22)12-7-8-21(10-12)25(23,24)15-5-3-13(17)4-6-15/h3-6,9,11-12H,2,7-8,10H2,1H3,(H,19,22). The number of aryl methyl sites for hydroxylation is 1. The SMILES string of the molecule is CCn1cc(NC(=O)C2CCN(S(=O)(=O)c3ccc(F)cc3)C2)cn1. The van der Waals surface area contributed by atoms with Gasteiger partial charge in [-0.3, -0.25) is 9.48 Å². The van der Waals surface area contributed by atoms with Crippen molar-refractivity contribution in [3.63, 3.8) is 0 Å². The monoisotopic (exact) mass is 366 g/mol. The Morgan fingerprint density at radius 3 is 2.72 bits per heavy atom. The number of benzene rings is 1. The van der Waals surface area contributed by atoms with Crippen molar-refractivity contribution in [2.45, 2.75) is 24.8 Å². The van der Waals surface area contributed by atoms with Gasteiger partial charge in [-0.2, -0.15) is 9.40 Å². The second kappa shape index (κ2) is 6.93. The predicted octanol–water partition coefficient (Wildman–Crippen LogP) is 1.69. The summed E-state index contributed by atoms with van der Waals surface area (Å²) in [6.45, 7) is 3.00. The highest BCUT2D eigenvalue weighted by Gasteiger charge is 2.35. The molecule has 0 saturated carbocycles. The Morgan fingerprint density at radius 2 is 2.08 bits per heavy atom. The second-order valence-corrected chi connectivity index (χ2v) is 7.81. The number of halogens is 1. The summed E-state index contributed by atoms with van der Waals surface area (Å²) in [6.07, 6.45) is 3.72. The van der Waals surface area contributed by atoms with Crippen LogP contribution in [0.3, 0.4) is 0 Å². The smallest absolute Gasteiger partial charge is 0.243 e. The van der Waals surface area contributed by atoms with Gasteiger partial charge in [0.15, 0.2) is 0 Å². The Bertz CT molecular complexity index is 864. The molecule has 1 N–H and O–H groups in total. The zero-order valence-electron chi connectivity index (χ0n) is 13.7. The Balaban J connectivity index is 1.66. The summed E-state index contributed by atoms with van der Waals surface area (Å²) >= 11 is 0. The van der Waals surface area contributed by atoms with Gasteiger partial charge in [0.2, 0.25) is 15.9 Å². The van der Waals surface area contributed by atoms with Crippen molar-refractivity contribution < 1.29 is 17.6 Å². The van der Waals surface area contributed by atoms with E-state index in [0.29, 0.717) is 18.7 Å². The molecule has 1 aliphatic heterocycles. The first kappa shape index (κ1) is 17.6. The minimum atomic E-state index is -3.72. The Labute approximate surface area is 145 Å². The van der Waals surface area contributed by atoms with E-state index >= 15 is 0 Å². The van der Waals surface area contributed by atoms with Gasteiger partial charge in [0.05, 0.1) is 22.7 Å². The summed E-state index contributed by atoms with van der Waals surface area (Å²) in [5.41, 5.74) is 0.590. The van der Waals surface area contributed by atoms with E-state index in [9.17, 15) is 17.6 Å². The van der Waals surface area contributed by atoms with Gasteiger partial charge in [0.25, 0.3) is 0 Å². The lowest BCUT2D eigenvalue weighted by Crippen LogP contribution is -2.31. The van der Waals surface area contributed by atoms with Crippen molar-refractivity contribution in [3.8, 4) is 0 Å². The largest absolute Gasteiger partial charge is 0.323 e. The van der Waals surface area contributed by atoms with E-state index in [1.807, 2.05) is 6.92 Å². The van der Waals surface area contributed by atoms with Gasteiger partial charge < -0.3 is 5.32 Å². The van der Waals surface area contributed by atoms with E-state index in [0.717, 1.165) is 12.1 Å². The molecular formula is C16H19FN4O3S. The van der Waals surface area contributed by atoms with E-state index in [2.05, 4.69) is 10.4 Å². The van der Waals surface area contributed by atoms with Gasteiger partial charge in [-0.25, -0.2) is 12.8 Å². The average molecular weight is 366 g/mol. The molecule has 0 spiro atoms. The van der Waals surface area contributed by atoms with E-state index in [-0.39, 0.29) is 23.9 Å². The molecule has 9 heteroatoms. The van der Waals surface area contributed by atoms with Crippen LogP contribution in [0.1, 0.15) is 13.3 Å². The summed E-state index contributed by atoms with van der Waals surface area (Å²) in [5, 5.41) is 6.84. The van der Waals surface area contributed by atoms with Crippen LogP contribution in [-0.4, -0.2) is 41.5 Å². The second-order valence-electron chi connectivity index (χ2n) is 5.88. The zero-order chi connectivity index (χ0) is 18.0. The molecule has 1 aromatic carbocycles. The number of carbonyl (C=O) groups excluding carboxylic acids is 1. The molecule has 0 aliphatic carbocycles. The third kappa shape index (κ3) is 3.72. The minimum absolute atomic E-state index is 0.0270. The van der Waals surface area contributed by atoms with Crippen LogP contribution in [0.2, 0.25) is 0 Å². The van der Waals surface area contributed by atoms with Crippen LogP contribution in [0.25, 0.3) is 0 Å². The normalized spacial score (nSPS) is 18.4. The lowest BCUT2D eigenvalue weighted by Gasteiger charge is -2.16. The van der Waals surface area contributed by atoms with Crippen LogP contribution < -0.4 is 5.32 Å². The van der Waals surface area contributed by atoms with E-state index < -0.39 is 21.8 Å². The fraction of sp³-hybridized carbons (Fsp3) is 0.375. The molecule has 0 radical (unpaired) electrons. The predicted molar refractivity (Wildman–Crippen MR) is 89.8 cm³/mol. The first-order chi connectivity index (χ1) is 11.9. The van der Waals surface area contributed by atoms with Gasteiger partial charge >= 0.3 is 0 Å². The third-order valence-corrected chi connectivity index (χ3v) is 6.08. The topological polar surface area (TPSA) is 84.3 Å². The zero-order valence-corrected chi connectivity index (χ0v) is 14.5. The van der Waals surface area contributed by atoms with Gasteiger partial charge in [0.1, 0.15) is 5.82 Å². The average Bonchev–Trinajstić information content (AvgIpc) is 3.24. The quantitative estimate of drug-likeness (QED) is 0.873. The summed E-state index contributed by atoms with van der Waals surface area (Å²) in [6, 6.07) is 4.69. The van der Waals surface area contributed by atoms with Crippen LogP contribution in [0.15, 0.2) is 41.6 Å². The van der Waals surface area contributed by atoms with Crippen molar-refractivity contribution >= 4 is 21.6 Å². The van der Waals surface area contributed by atoms with Crippen molar-refractivity contribution in [2.24, 2.45) is 5.92 Å². The van der Waals surface area contributed by atoms with Crippen molar-refractivity contribution in [1.29, 1.82) is 0 Å². The number of hydrogen-bond acceptors (Lipinski definition) is 4. The van der Waals surface area contributed by atoms with Crippen LogP contribution in [0.5, 0.6) is 0 Å². The highest BCUT2D eigenvalue weighted by molar-refractivity contribution is 7.89. The first-order valence-electron chi connectivity index (χ1n) is 7.99. The number of rotatable bonds is 5. The molecule has 1 fully saturated rings. The molecule has 1 aromatic heterocycles. The van der Waals surface area contributed by atoms with Crippen LogP contribution >= 0.6 is 0 Å². The molecule has 1 saturated heterocycles. The number of amides is 1. The summed E-state index contributed by atoms with van der Waals surface area (Å²) in [4.78, 5) is 12.4. The number of nitrogens with one attached hydrogen (secondary N) is 1. The molecule has 1 unspecified atom stereocenters. The Kier molecular flexibility index (Phi) is 4.87. The summed E-state index contributed by atoms with van der Waals surface area (Å²) < 4.78 is 41.1. The van der Waals surface area contributed by atoms with Crippen LogP contribution in [0, 0.1) is 11.7 Å². The van der Waals surface area contributed by atoms with E-state index in [1.165, 1.54) is 16.4 Å². The number of aromatic nitrogens is 2. The van der Waals surface area contributed by atoms with Crippen molar-refractivity contribution in [2.75, 3.05) is 18.4 Å². The number of carbonyl (C=O) groups is 1. The molecule has 3 rings (SSSR count). The maximum atomic E-state index is 13.0. The van der Waals surface area contributed by atoms with Gasteiger partial charge in [-0.1, -0.05) is 0 Å². The third-order valence-electron chi connectivity index (χ3n) is 4.20. The minimum Gasteiger partial charge on any atom is -0.323 e. The summed E-state index contributed by atoms with van der Waals surface area (Å²) in [7, 11) is -3.72. The maximum Gasteiger partial charge on any atom is 0.243 e. The molecular weight excluding hydrogens is 347 g/mol. The molecule has 1 aliphatic rings. The lowest BCUT2D eigenvalue weighted by molar-refractivity contribution is -0.119. The number of nitrogens with zero attached hydrogens (tertiary/aromatic N) is 3. The maximum absolute atomic E-state index is 13.0. The Morgan fingerprint density at radius 1 is 1.36 bits per heavy atom. The number of anilines is 1. The van der Waals surface area contributed by atoms with E-state index in [4.69, 9.17) is 0 Å². The number of sulfonamides is 1. The highest BCUT2D eigenvalue weighted by atomic mass is 32.2. The van der Waals surface area contributed by atoms with Gasteiger partial charge in [-0.15, -0.1) is 0 Å². The molecule has 134 valence electrons. The molecule has 0 bridgehead atoms. The number of hydrogen-bond donors (Lipinski definition) is 1. The molecule has 2 heterocycles. The van der Waals surface area contributed by atoms with Gasteiger partial charge in [0, 0.05) is 25.8 Å². The molecule has 2 aromatic rings. The highest BCUT2D eigenvalue weighted by Crippen LogP contribution is 2.25. The van der Waals surface area contributed by atoms with E-state index in [1.54, 1.807) is 17.1 Å².